The highest BCUT2D eigenvalue weighted by Gasteiger charge is 2.26. The van der Waals surface area contributed by atoms with Crippen LogP contribution in [-0.4, -0.2) is 19.7 Å². The number of hydrazone groups is 1. The summed E-state index contributed by atoms with van der Waals surface area (Å²) < 4.78 is 2.17. The quantitative estimate of drug-likeness (QED) is 0.620. The summed E-state index contributed by atoms with van der Waals surface area (Å²) >= 11 is 0. The molecule has 1 fully saturated rings. The Hall–Kier alpha value is -1.42. The average molecular weight is 274 g/mol. The molecular formula is C15H22N2OSi. The summed E-state index contributed by atoms with van der Waals surface area (Å²) in [4.78, 5) is 11.6. The first kappa shape index (κ1) is 14.0. The van der Waals surface area contributed by atoms with Crippen molar-refractivity contribution in [3.63, 3.8) is 0 Å². The van der Waals surface area contributed by atoms with Crippen LogP contribution < -0.4 is 4.67 Å². The molecule has 1 aromatic carbocycles. The summed E-state index contributed by atoms with van der Waals surface area (Å²) in [5, 5.41) is 4.82. The molecule has 0 bridgehead atoms. The molecule has 102 valence electrons. The van der Waals surface area contributed by atoms with Crippen molar-refractivity contribution in [2.75, 3.05) is 4.67 Å². The summed E-state index contributed by atoms with van der Waals surface area (Å²) in [7, 11) is -1.60. The second-order valence-electron chi connectivity index (χ2n) is 6.05. The highest BCUT2D eigenvalue weighted by molar-refractivity contribution is 6.79. The molecule has 0 spiro atoms. The Labute approximate surface area is 116 Å². The number of hydrogen-bond acceptors (Lipinski definition) is 3. The van der Waals surface area contributed by atoms with Gasteiger partial charge in [0.25, 0.3) is 0 Å². The highest BCUT2D eigenvalue weighted by Crippen LogP contribution is 2.23. The zero-order valence-electron chi connectivity index (χ0n) is 12.0. The van der Waals surface area contributed by atoms with Crippen LogP contribution in [0, 0.1) is 0 Å². The Morgan fingerprint density at radius 2 is 1.79 bits per heavy atom. The predicted molar refractivity (Wildman–Crippen MR) is 83.2 cm³/mol. The van der Waals surface area contributed by atoms with Crippen LogP contribution in [0.3, 0.4) is 0 Å². The number of Topliss-reactive ketones (excluding diaryl/α,β-unsaturated/α-hetero) is 1. The van der Waals surface area contributed by atoms with Gasteiger partial charge in [-0.05, 0) is 44.6 Å². The number of para-hydroxylation sites is 1. The molecule has 2 rings (SSSR count). The first-order chi connectivity index (χ1) is 8.97. The molecule has 0 aliphatic heterocycles. The van der Waals surface area contributed by atoms with Crippen molar-refractivity contribution in [1.82, 2.24) is 0 Å². The number of ketones is 1. The highest BCUT2D eigenvalue weighted by atomic mass is 28.3. The van der Waals surface area contributed by atoms with Gasteiger partial charge in [0.2, 0.25) is 0 Å². The lowest BCUT2D eigenvalue weighted by atomic mass is 9.97. The molecule has 0 N–H and O–H groups in total. The monoisotopic (exact) mass is 274 g/mol. The van der Waals surface area contributed by atoms with Gasteiger partial charge in [0.1, 0.15) is 5.78 Å². The first-order valence-corrected chi connectivity index (χ1v) is 10.3. The lowest BCUT2D eigenvalue weighted by Crippen LogP contribution is -2.43. The summed E-state index contributed by atoms with van der Waals surface area (Å²) in [6.45, 7) is 6.82. The van der Waals surface area contributed by atoms with Crippen LogP contribution >= 0.6 is 0 Å². The Balaban J connectivity index is 2.29. The summed E-state index contributed by atoms with van der Waals surface area (Å²) in [5.41, 5.74) is 2.18. The molecule has 4 heteroatoms. The van der Waals surface area contributed by atoms with Crippen LogP contribution in [0.1, 0.15) is 25.7 Å². The molecule has 0 amide bonds. The Bertz CT molecular complexity index is 477. The van der Waals surface area contributed by atoms with E-state index in [0.29, 0.717) is 12.2 Å². The van der Waals surface area contributed by atoms with Crippen molar-refractivity contribution in [3.8, 4) is 0 Å². The van der Waals surface area contributed by atoms with Gasteiger partial charge in [-0.25, -0.2) is 0 Å². The van der Waals surface area contributed by atoms with E-state index < -0.39 is 8.24 Å². The van der Waals surface area contributed by atoms with Crippen LogP contribution in [0.15, 0.2) is 35.4 Å². The van der Waals surface area contributed by atoms with Crippen LogP contribution in [0.4, 0.5) is 5.69 Å². The molecule has 1 saturated carbocycles. The number of hydrogen-bond donors (Lipinski definition) is 0. The smallest absolute Gasteiger partial charge is 0.176 e. The van der Waals surface area contributed by atoms with Crippen molar-refractivity contribution in [1.29, 1.82) is 0 Å². The third kappa shape index (κ3) is 3.77. The number of benzene rings is 1. The minimum absolute atomic E-state index is 0.327. The lowest BCUT2D eigenvalue weighted by molar-refractivity contribution is -0.118. The van der Waals surface area contributed by atoms with Gasteiger partial charge in [-0.2, -0.15) is 5.10 Å². The minimum Gasteiger partial charge on any atom is -0.299 e. The van der Waals surface area contributed by atoms with E-state index in [1.165, 1.54) is 0 Å². The standard InChI is InChI=1S/C15H22N2OSi/c1-19(2,3)17(14-9-5-4-6-10-14)16-13-8-7-11-15(18)12-13/h4-6,9-10H,7-8,11-12H2,1-3H3. The second kappa shape index (κ2) is 5.69. The van der Waals surface area contributed by atoms with Crippen LogP contribution in [0.25, 0.3) is 0 Å². The fraction of sp³-hybridized carbons (Fsp3) is 0.467. The van der Waals surface area contributed by atoms with E-state index in [9.17, 15) is 4.79 Å². The van der Waals surface area contributed by atoms with Crippen LogP contribution in [0.2, 0.25) is 19.6 Å². The van der Waals surface area contributed by atoms with Gasteiger partial charge in [-0.15, -0.1) is 0 Å². The van der Waals surface area contributed by atoms with Gasteiger partial charge in [0.05, 0.1) is 0 Å². The van der Waals surface area contributed by atoms with E-state index in [4.69, 9.17) is 5.10 Å². The molecule has 1 aliphatic carbocycles. The zero-order chi connectivity index (χ0) is 13.9. The molecule has 0 atom stereocenters. The minimum atomic E-state index is -1.60. The number of carbonyl (C=O) groups excluding carboxylic acids is 1. The Morgan fingerprint density at radius 1 is 1.11 bits per heavy atom. The number of rotatable bonds is 3. The zero-order valence-corrected chi connectivity index (χ0v) is 13.0. The molecule has 0 saturated heterocycles. The third-order valence-electron chi connectivity index (χ3n) is 3.20. The largest absolute Gasteiger partial charge is 0.299 e. The maximum absolute atomic E-state index is 11.6. The van der Waals surface area contributed by atoms with Gasteiger partial charge in [0, 0.05) is 24.2 Å². The van der Waals surface area contributed by atoms with Crippen molar-refractivity contribution in [2.45, 2.75) is 45.3 Å². The van der Waals surface area contributed by atoms with Gasteiger partial charge in [0.15, 0.2) is 8.24 Å². The maximum atomic E-state index is 11.6. The Morgan fingerprint density at radius 3 is 2.37 bits per heavy atom. The number of anilines is 1. The fourth-order valence-corrected chi connectivity index (χ4v) is 3.65. The summed E-state index contributed by atoms with van der Waals surface area (Å²) in [5.74, 6) is 0.327. The maximum Gasteiger partial charge on any atom is 0.176 e. The van der Waals surface area contributed by atoms with E-state index in [2.05, 4.69) is 36.4 Å². The lowest BCUT2D eigenvalue weighted by Gasteiger charge is -2.33. The predicted octanol–water partition coefficient (Wildman–Crippen LogP) is 3.83. The fourth-order valence-electron chi connectivity index (χ4n) is 2.28. The van der Waals surface area contributed by atoms with Crippen molar-refractivity contribution in [2.24, 2.45) is 5.10 Å². The summed E-state index contributed by atoms with van der Waals surface area (Å²) in [6, 6.07) is 10.3. The van der Waals surface area contributed by atoms with E-state index in [-0.39, 0.29) is 0 Å². The van der Waals surface area contributed by atoms with Crippen LogP contribution in [-0.2, 0) is 4.79 Å². The van der Waals surface area contributed by atoms with Crippen molar-refractivity contribution < 1.29 is 4.79 Å². The molecule has 1 aliphatic rings. The average Bonchev–Trinajstić information content (AvgIpc) is 2.36. The van der Waals surface area contributed by atoms with Crippen molar-refractivity contribution in [3.05, 3.63) is 30.3 Å². The Kier molecular flexibility index (Phi) is 4.19. The van der Waals surface area contributed by atoms with Crippen molar-refractivity contribution >= 4 is 25.4 Å². The van der Waals surface area contributed by atoms with E-state index in [1.807, 2.05) is 18.2 Å². The van der Waals surface area contributed by atoms with Gasteiger partial charge in [-0.3, -0.25) is 9.47 Å². The van der Waals surface area contributed by atoms with Crippen LogP contribution in [0.5, 0.6) is 0 Å². The second-order valence-corrected chi connectivity index (χ2v) is 10.8. The molecule has 0 aromatic heterocycles. The molecule has 3 nitrogen and oxygen atoms in total. The van der Waals surface area contributed by atoms with E-state index in [1.54, 1.807) is 0 Å². The van der Waals surface area contributed by atoms with Gasteiger partial charge >= 0.3 is 0 Å². The molecule has 19 heavy (non-hydrogen) atoms. The molecular weight excluding hydrogens is 252 g/mol. The molecule has 0 radical (unpaired) electrons. The number of nitrogens with zero attached hydrogens (tertiary/aromatic N) is 2. The molecule has 0 unspecified atom stereocenters. The topological polar surface area (TPSA) is 32.7 Å². The molecule has 1 aromatic rings. The van der Waals surface area contributed by atoms with Gasteiger partial charge < -0.3 is 0 Å². The van der Waals surface area contributed by atoms with E-state index >= 15 is 0 Å². The third-order valence-corrected chi connectivity index (χ3v) is 4.83. The summed E-state index contributed by atoms with van der Waals surface area (Å²) in [6.07, 6.45) is 3.16. The molecule has 0 heterocycles. The first-order valence-electron chi connectivity index (χ1n) is 6.90. The number of carbonyl (C=O) groups is 1. The van der Waals surface area contributed by atoms with Gasteiger partial charge in [-0.1, -0.05) is 18.2 Å². The normalized spacial score (nSPS) is 18.7. The van der Waals surface area contributed by atoms with E-state index in [0.717, 1.165) is 30.7 Å². The SMILES string of the molecule is C[Si](C)(C)N(N=C1CCCC(=O)C1)c1ccccc1.